The minimum Gasteiger partial charge on any atom is -0.339 e. The van der Waals surface area contributed by atoms with Gasteiger partial charge in [0, 0.05) is 15.0 Å². The number of rotatable bonds is 2. The zero-order valence-corrected chi connectivity index (χ0v) is 14.0. The first-order valence-electron chi connectivity index (χ1n) is 6.00. The van der Waals surface area contributed by atoms with Crippen molar-refractivity contribution >= 4 is 60.6 Å². The molecule has 1 N–H and O–H groups in total. The third-order valence-electron chi connectivity index (χ3n) is 3.01. The van der Waals surface area contributed by atoms with Gasteiger partial charge in [-0.3, -0.25) is 0 Å². The molecule has 0 amide bonds. The molecule has 0 saturated heterocycles. The molecule has 102 valence electrons. The zero-order valence-electron chi connectivity index (χ0n) is 10.9. The fourth-order valence-electron chi connectivity index (χ4n) is 1.98. The molecule has 0 atom stereocenters. The molecule has 6 heteroatoms. The second kappa shape index (κ2) is 5.31. The Morgan fingerprint density at radius 2 is 2.05 bits per heavy atom. The first kappa shape index (κ1) is 13.8. The predicted octanol–water partition coefficient (Wildman–Crippen LogP) is 5.47. The molecule has 3 aromatic rings. The van der Waals surface area contributed by atoms with E-state index in [1.807, 2.05) is 32.0 Å². The highest BCUT2D eigenvalue weighted by atomic mass is 79.9. The SMILES string of the molecule is Cc1cc2c(Nc3cccc(Br)c3C)nc(Cl)nc2s1. The second-order valence-corrected chi connectivity index (χ2v) is 6.88. The number of hydrogen-bond donors (Lipinski definition) is 1. The molecule has 0 unspecified atom stereocenters. The maximum Gasteiger partial charge on any atom is 0.225 e. The van der Waals surface area contributed by atoms with E-state index in [0.29, 0.717) is 0 Å². The van der Waals surface area contributed by atoms with Gasteiger partial charge in [-0.25, -0.2) is 4.98 Å². The van der Waals surface area contributed by atoms with Gasteiger partial charge >= 0.3 is 0 Å². The van der Waals surface area contributed by atoms with E-state index in [4.69, 9.17) is 11.6 Å². The summed E-state index contributed by atoms with van der Waals surface area (Å²) >= 11 is 11.2. The first-order valence-corrected chi connectivity index (χ1v) is 7.99. The number of aryl methyl sites for hydroxylation is 1. The number of nitrogens with zero attached hydrogens (tertiary/aromatic N) is 2. The Labute approximate surface area is 134 Å². The molecular weight excluding hydrogens is 358 g/mol. The van der Waals surface area contributed by atoms with Crippen molar-refractivity contribution in [1.82, 2.24) is 9.97 Å². The van der Waals surface area contributed by atoms with Crippen molar-refractivity contribution in [1.29, 1.82) is 0 Å². The number of hydrogen-bond acceptors (Lipinski definition) is 4. The van der Waals surface area contributed by atoms with Crippen LogP contribution in [-0.4, -0.2) is 9.97 Å². The third-order valence-corrected chi connectivity index (χ3v) is 4.98. The van der Waals surface area contributed by atoms with Crippen molar-refractivity contribution in [2.24, 2.45) is 0 Å². The second-order valence-electron chi connectivity index (χ2n) is 4.45. The summed E-state index contributed by atoms with van der Waals surface area (Å²) in [5.74, 6) is 0.741. The van der Waals surface area contributed by atoms with Gasteiger partial charge in [0.2, 0.25) is 5.28 Å². The minimum absolute atomic E-state index is 0.259. The number of fused-ring (bicyclic) bond motifs is 1. The van der Waals surface area contributed by atoms with Crippen LogP contribution in [0.2, 0.25) is 5.28 Å². The smallest absolute Gasteiger partial charge is 0.225 e. The Hall–Kier alpha value is -1.17. The van der Waals surface area contributed by atoms with Crippen LogP contribution in [0.4, 0.5) is 11.5 Å². The lowest BCUT2D eigenvalue weighted by molar-refractivity contribution is 1.22. The van der Waals surface area contributed by atoms with Gasteiger partial charge in [-0.2, -0.15) is 4.98 Å². The summed E-state index contributed by atoms with van der Waals surface area (Å²) in [6, 6.07) is 8.09. The van der Waals surface area contributed by atoms with E-state index in [-0.39, 0.29) is 5.28 Å². The molecular formula is C14H11BrClN3S. The van der Waals surface area contributed by atoms with Crippen LogP contribution in [0.25, 0.3) is 10.2 Å². The standard InChI is InChI=1S/C14H11BrClN3S/c1-7-6-9-12(18-14(16)19-13(9)20-7)17-11-5-3-4-10(15)8(11)2/h3-6H,1-2H3,(H,17,18,19). The Morgan fingerprint density at radius 1 is 1.25 bits per heavy atom. The lowest BCUT2D eigenvalue weighted by atomic mass is 10.2. The van der Waals surface area contributed by atoms with Crippen LogP contribution in [0.15, 0.2) is 28.7 Å². The summed E-state index contributed by atoms with van der Waals surface area (Å²) in [5, 5.41) is 4.61. The van der Waals surface area contributed by atoms with Crippen LogP contribution in [0.1, 0.15) is 10.4 Å². The summed E-state index contributed by atoms with van der Waals surface area (Å²) in [6.07, 6.45) is 0. The monoisotopic (exact) mass is 367 g/mol. The van der Waals surface area contributed by atoms with Gasteiger partial charge in [-0.1, -0.05) is 22.0 Å². The van der Waals surface area contributed by atoms with E-state index in [9.17, 15) is 0 Å². The molecule has 0 aliphatic rings. The summed E-state index contributed by atoms with van der Waals surface area (Å²) in [7, 11) is 0. The molecule has 3 rings (SSSR count). The van der Waals surface area contributed by atoms with E-state index < -0.39 is 0 Å². The van der Waals surface area contributed by atoms with Crippen molar-refractivity contribution in [3.05, 3.63) is 44.5 Å². The summed E-state index contributed by atoms with van der Waals surface area (Å²) in [4.78, 5) is 10.7. The fraction of sp³-hybridized carbons (Fsp3) is 0.143. The Balaban J connectivity index is 2.12. The van der Waals surface area contributed by atoms with Crippen LogP contribution < -0.4 is 5.32 Å². The largest absolute Gasteiger partial charge is 0.339 e. The van der Waals surface area contributed by atoms with Gasteiger partial charge in [0.1, 0.15) is 10.6 Å². The summed E-state index contributed by atoms with van der Waals surface area (Å²) in [6.45, 7) is 4.10. The van der Waals surface area contributed by atoms with E-state index >= 15 is 0 Å². The van der Waals surface area contributed by atoms with Gasteiger partial charge in [0.25, 0.3) is 0 Å². The van der Waals surface area contributed by atoms with E-state index in [1.54, 1.807) is 11.3 Å². The molecule has 2 heterocycles. The highest BCUT2D eigenvalue weighted by molar-refractivity contribution is 9.10. The maximum absolute atomic E-state index is 6.01. The quantitative estimate of drug-likeness (QED) is 0.610. The van der Waals surface area contributed by atoms with Crippen LogP contribution in [0, 0.1) is 13.8 Å². The number of aromatic nitrogens is 2. The Bertz CT molecular complexity index is 800. The van der Waals surface area contributed by atoms with Crippen LogP contribution in [-0.2, 0) is 0 Å². The fourth-order valence-corrected chi connectivity index (χ4v) is 3.45. The number of benzene rings is 1. The number of anilines is 2. The van der Waals surface area contributed by atoms with Crippen molar-refractivity contribution in [3.8, 4) is 0 Å². The molecule has 2 aromatic heterocycles. The van der Waals surface area contributed by atoms with Gasteiger partial charge < -0.3 is 5.32 Å². The van der Waals surface area contributed by atoms with Crippen LogP contribution >= 0.6 is 38.9 Å². The average molecular weight is 369 g/mol. The topological polar surface area (TPSA) is 37.8 Å². The first-order chi connectivity index (χ1) is 9.54. The summed E-state index contributed by atoms with van der Waals surface area (Å²) in [5.41, 5.74) is 2.13. The lowest BCUT2D eigenvalue weighted by Gasteiger charge is -2.11. The average Bonchev–Trinajstić information content (AvgIpc) is 2.75. The van der Waals surface area contributed by atoms with Crippen molar-refractivity contribution in [2.75, 3.05) is 5.32 Å². The molecule has 0 radical (unpaired) electrons. The van der Waals surface area contributed by atoms with Crippen molar-refractivity contribution < 1.29 is 0 Å². The molecule has 0 saturated carbocycles. The Morgan fingerprint density at radius 3 is 2.85 bits per heavy atom. The molecule has 0 bridgehead atoms. The number of halogens is 2. The Kier molecular flexibility index (Phi) is 3.67. The number of nitrogens with one attached hydrogen (secondary N) is 1. The van der Waals surface area contributed by atoms with Crippen molar-refractivity contribution in [2.45, 2.75) is 13.8 Å². The highest BCUT2D eigenvalue weighted by Gasteiger charge is 2.11. The predicted molar refractivity (Wildman–Crippen MR) is 89.3 cm³/mol. The molecule has 1 aromatic carbocycles. The molecule has 0 aliphatic heterocycles. The van der Waals surface area contributed by atoms with Gasteiger partial charge in [0.05, 0.1) is 5.39 Å². The highest BCUT2D eigenvalue weighted by Crippen LogP contribution is 2.33. The molecule has 0 aliphatic carbocycles. The maximum atomic E-state index is 6.01. The van der Waals surface area contributed by atoms with Gasteiger partial charge in [0.15, 0.2) is 0 Å². The third kappa shape index (κ3) is 2.53. The van der Waals surface area contributed by atoms with Gasteiger partial charge in [-0.15, -0.1) is 11.3 Å². The van der Waals surface area contributed by atoms with E-state index in [2.05, 4.69) is 37.3 Å². The molecule has 0 spiro atoms. The minimum atomic E-state index is 0.259. The number of thiophene rings is 1. The van der Waals surface area contributed by atoms with Crippen LogP contribution in [0.5, 0.6) is 0 Å². The molecule has 0 fully saturated rings. The van der Waals surface area contributed by atoms with E-state index in [1.165, 1.54) is 4.88 Å². The summed E-state index contributed by atoms with van der Waals surface area (Å²) < 4.78 is 1.06. The molecule has 20 heavy (non-hydrogen) atoms. The molecule has 3 nitrogen and oxygen atoms in total. The normalized spacial score (nSPS) is 11.0. The van der Waals surface area contributed by atoms with Crippen molar-refractivity contribution in [3.63, 3.8) is 0 Å². The lowest BCUT2D eigenvalue weighted by Crippen LogP contribution is -1.98. The van der Waals surface area contributed by atoms with Gasteiger partial charge in [-0.05, 0) is 49.2 Å². The zero-order chi connectivity index (χ0) is 14.3. The van der Waals surface area contributed by atoms with Crippen LogP contribution in [0.3, 0.4) is 0 Å². The van der Waals surface area contributed by atoms with E-state index in [0.717, 1.165) is 31.8 Å².